The number of nitriles is 1. The van der Waals surface area contributed by atoms with Crippen molar-refractivity contribution in [1.82, 2.24) is 15.1 Å². The van der Waals surface area contributed by atoms with Gasteiger partial charge in [-0.05, 0) is 44.6 Å². The molecule has 0 aromatic rings. The maximum atomic E-state index is 12.6. The van der Waals surface area contributed by atoms with Gasteiger partial charge in [-0.2, -0.15) is 5.26 Å². The Morgan fingerprint density at radius 1 is 1.21 bits per heavy atom. The summed E-state index contributed by atoms with van der Waals surface area (Å²) < 4.78 is 0. The van der Waals surface area contributed by atoms with Gasteiger partial charge in [-0.3, -0.25) is 9.59 Å². The molecular formula is C17H26N4O3. The highest BCUT2D eigenvalue weighted by Gasteiger charge is 2.38. The molecule has 0 saturated carbocycles. The summed E-state index contributed by atoms with van der Waals surface area (Å²) in [5.41, 5.74) is 0. The lowest BCUT2D eigenvalue weighted by molar-refractivity contribution is -0.135. The normalized spacial score (nSPS) is 31.2. The number of carbonyl (C=O) groups excluding carboxylic acids is 2. The topological polar surface area (TPSA) is 96.7 Å². The number of amides is 2. The van der Waals surface area contributed by atoms with E-state index in [-0.39, 0.29) is 35.9 Å². The highest BCUT2D eigenvalue weighted by Crippen LogP contribution is 2.24. The van der Waals surface area contributed by atoms with Gasteiger partial charge >= 0.3 is 0 Å². The van der Waals surface area contributed by atoms with Crippen molar-refractivity contribution in [3.63, 3.8) is 0 Å². The molecule has 132 valence electrons. The van der Waals surface area contributed by atoms with E-state index >= 15 is 0 Å². The molecule has 0 unspecified atom stereocenters. The lowest BCUT2D eigenvalue weighted by Crippen LogP contribution is -2.45. The summed E-state index contributed by atoms with van der Waals surface area (Å²) in [6, 6.07) is 1.65. The third-order valence-electron chi connectivity index (χ3n) is 5.49. The van der Waals surface area contributed by atoms with Crippen LogP contribution in [0.5, 0.6) is 0 Å². The zero-order valence-corrected chi connectivity index (χ0v) is 14.0. The van der Waals surface area contributed by atoms with Gasteiger partial charge in [0.25, 0.3) is 0 Å². The molecule has 3 heterocycles. The molecule has 3 fully saturated rings. The summed E-state index contributed by atoms with van der Waals surface area (Å²) in [6.07, 6.45) is 3.79. The van der Waals surface area contributed by atoms with Gasteiger partial charge in [0.1, 0.15) is 6.04 Å². The summed E-state index contributed by atoms with van der Waals surface area (Å²) in [6.45, 7) is 2.58. The quantitative estimate of drug-likeness (QED) is 0.748. The smallest absolute Gasteiger partial charge is 0.240 e. The van der Waals surface area contributed by atoms with Gasteiger partial charge in [-0.1, -0.05) is 0 Å². The number of nitrogens with zero attached hydrogens (tertiary/aromatic N) is 3. The highest BCUT2D eigenvalue weighted by atomic mass is 16.3. The summed E-state index contributed by atoms with van der Waals surface area (Å²) in [5.74, 6) is 0.300. The molecule has 2 N–H and O–H groups in total. The zero-order valence-electron chi connectivity index (χ0n) is 14.0. The molecule has 7 heteroatoms. The summed E-state index contributed by atoms with van der Waals surface area (Å²) in [7, 11) is 0. The third kappa shape index (κ3) is 3.70. The molecule has 3 rings (SSSR count). The van der Waals surface area contributed by atoms with E-state index < -0.39 is 0 Å². The predicted octanol–water partition coefficient (Wildman–Crippen LogP) is -0.148. The largest absolute Gasteiger partial charge is 0.393 e. The van der Waals surface area contributed by atoms with E-state index in [9.17, 15) is 14.7 Å². The van der Waals surface area contributed by atoms with E-state index in [4.69, 9.17) is 5.26 Å². The number of rotatable bonds is 3. The van der Waals surface area contributed by atoms with Gasteiger partial charge in [0, 0.05) is 26.1 Å². The Kier molecular flexibility index (Phi) is 5.36. The number of carbonyl (C=O) groups is 2. The van der Waals surface area contributed by atoms with E-state index in [1.165, 1.54) is 0 Å². The molecule has 24 heavy (non-hydrogen) atoms. The monoisotopic (exact) mass is 334 g/mol. The highest BCUT2D eigenvalue weighted by molar-refractivity contribution is 5.83. The second kappa shape index (κ2) is 7.49. The maximum absolute atomic E-state index is 12.6. The summed E-state index contributed by atoms with van der Waals surface area (Å²) >= 11 is 0. The number of piperidine rings is 1. The first kappa shape index (κ1) is 17.2. The first-order valence-electron chi connectivity index (χ1n) is 8.98. The van der Waals surface area contributed by atoms with Gasteiger partial charge in [-0.25, -0.2) is 0 Å². The molecule has 0 bridgehead atoms. The Morgan fingerprint density at radius 2 is 1.96 bits per heavy atom. The Morgan fingerprint density at radius 3 is 2.67 bits per heavy atom. The number of likely N-dealkylation sites (tertiary alicyclic amines) is 2. The fourth-order valence-corrected chi connectivity index (χ4v) is 4.01. The molecule has 0 aromatic heterocycles. The minimum atomic E-state index is -0.292. The van der Waals surface area contributed by atoms with Crippen molar-refractivity contribution in [2.24, 2.45) is 5.92 Å². The van der Waals surface area contributed by atoms with Crippen molar-refractivity contribution in [3.05, 3.63) is 0 Å². The molecule has 0 aliphatic carbocycles. The third-order valence-corrected chi connectivity index (χ3v) is 5.49. The second-order valence-electron chi connectivity index (χ2n) is 7.20. The molecule has 0 spiro atoms. The molecule has 3 aliphatic heterocycles. The SMILES string of the molecule is N#C[C@@H]1CCCN1C(=O)[C@@H]1C[C@H](CC(=O)N2CCC(O)CC2)CN1. The molecule has 0 radical (unpaired) electrons. The maximum Gasteiger partial charge on any atom is 0.240 e. The first-order chi connectivity index (χ1) is 11.6. The predicted molar refractivity (Wildman–Crippen MR) is 86.7 cm³/mol. The van der Waals surface area contributed by atoms with Crippen LogP contribution < -0.4 is 5.32 Å². The number of hydrogen-bond acceptors (Lipinski definition) is 5. The van der Waals surface area contributed by atoms with E-state index in [1.54, 1.807) is 4.90 Å². The summed E-state index contributed by atoms with van der Waals surface area (Å²) in [5, 5.41) is 21.9. The van der Waals surface area contributed by atoms with E-state index in [0.29, 0.717) is 51.9 Å². The van der Waals surface area contributed by atoms with E-state index in [2.05, 4.69) is 11.4 Å². The standard InChI is InChI=1S/C17H26N4O3/c18-10-13-2-1-5-21(13)17(24)15-8-12(11-19-15)9-16(23)20-6-3-14(22)4-7-20/h12-15,19,22H,1-9,11H2/t12-,13+,15+/m1/s1. The van der Waals surface area contributed by atoms with Gasteiger partial charge < -0.3 is 20.2 Å². The van der Waals surface area contributed by atoms with Crippen molar-refractivity contribution < 1.29 is 14.7 Å². The Balaban J connectivity index is 1.48. The fraction of sp³-hybridized carbons (Fsp3) is 0.824. The number of hydrogen-bond donors (Lipinski definition) is 2. The van der Waals surface area contributed by atoms with Crippen molar-refractivity contribution >= 4 is 11.8 Å². The van der Waals surface area contributed by atoms with Crippen molar-refractivity contribution in [3.8, 4) is 6.07 Å². The minimum Gasteiger partial charge on any atom is -0.393 e. The van der Waals surface area contributed by atoms with Crippen molar-refractivity contribution in [2.45, 2.75) is 56.7 Å². The molecule has 2 amide bonds. The van der Waals surface area contributed by atoms with Crippen LogP contribution >= 0.6 is 0 Å². The average Bonchev–Trinajstić information content (AvgIpc) is 3.23. The van der Waals surface area contributed by atoms with E-state index in [1.807, 2.05) is 4.90 Å². The second-order valence-corrected chi connectivity index (χ2v) is 7.20. The minimum absolute atomic E-state index is 0.00935. The van der Waals surface area contributed by atoms with Crippen molar-refractivity contribution in [2.75, 3.05) is 26.2 Å². The Hall–Kier alpha value is -1.65. The molecular weight excluding hydrogens is 308 g/mol. The van der Waals surface area contributed by atoms with Gasteiger partial charge in [0.05, 0.1) is 18.2 Å². The van der Waals surface area contributed by atoms with Crippen LogP contribution in [0.15, 0.2) is 0 Å². The summed E-state index contributed by atoms with van der Waals surface area (Å²) in [4.78, 5) is 28.5. The zero-order chi connectivity index (χ0) is 17.1. The van der Waals surface area contributed by atoms with Crippen LogP contribution in [0.25, 0.3) is 0 Å². The number of aliphatic hydroxyl groups is 1. The van der Waals surface area contributed by atoms with Crippen LogP contribution in [0.3, 0.4) is 0 Å². The fourth-order valence-electron chi connectivity index (χ4n) is 4.01. The van der Waals surface area contributed by atoms with Crippen molar-refractivity contribution in [1.29, 1.82) is 5.26 Å². The van der Waals surface area contributed by atoms with Crippen LogP contribution in [0.1, 0.15) is 38.5 Å². The van der Waals surface area contributed by atoms with Gasteiger partial charge in [0.2, 0.25) is 11.8 Å². The lowest BCUT2D eigenvalue weighted by Gasteiger charge is -2.30. The molecule has 7 nitrogen and oxygen atoms in total. The number of aliphatic hydroxyl groups excluding tert-OH is 1. The first-order valence-corrected chi connectivity index (χ1v) is 8.98. The van der Waals surface area contributed by atoms with Crippen LogP contribution in [-0.2, 0) is 9.59 Å². The molecule has 3 saturated heterocycles. The average molecular weight is 334 g/mol. The van der Waals surface area contributed by atoms with Crippen LogP contribution in [0.4, 0.5) is 0 Å². The lowest BCUT2D eigenvalue weighted by atomic mass is 9.99. The molecule has 3 atom stereocenters. The van der Waals surface area contributed by atoms with Crippen LogP contribution in [-0.4, -0.2) is 71.1 Å². The van der Waals surface area contributed by atoms with Gasteiger partial charge in [-0.15, -0.1) is 0 Å². The Labute approximate surface area is 142 Å². The Bertz CT molecular complexity index is 524. The van der Waals surface area contributed by atoms with Crippen LogP contribution in [0, 0.1) is 17.2 Å². The number of nitrogens with one attached hydrogen (secondary N) is 1. The van der Waals surface area contributed by atoms with Gasteiger partial charge in [0.15, 0.2) is 0 Å². The van der Waals surface area contributed by atoms with Crippen LogP contribution in [0.2, 0.25) is 0 Å². The molecule has 0 aromatic carbocycles. The van der Waals surface area contributed by atoms with E-state index in [0.717, 1.165) is 12.8 Å². The molecule has 3 aliphatic rings.